The minimum absolute atomic E-state index is 0.153. The average Bonchev–Trinajstić information content (AvgIpc) is 2.62. The monoisotopic (exact) mass is 320 g/mol. The predicted octanol–water partition coefficient (Wildman–Crippen LogP) is 4.29. The first-order chi connectivity index (χ1) is 11.6. The molecule has 124 valence electrons. The van der Waals surface area contributed by atoms with Gasteiger partial charge in [-0.15, -0.1) is 0 Å². The van der Waals surface area contributed by atoms with E-state index in [1.165, 1.54) is 0 Å². The molecule has 24 heavy (non-hydrogen) atoms. The van der Waals surface area contributed by atoms with Crippen LogP contribution in [0.25, 0.3) is 5.57 Å². The van der Waals surface area contributed by atoms with Crippen LogP contribution in [0.4, 0.5) is 0 Å². The highest BCUT2D eigenvalue weighted by atomic mass is 16.3. The lowest BCUT2D eigenvalue weighted by Gasteiger charge is -2.25. The Hall–Kier alpha value is -2.57. The number of rotatable bonds is 7. The number of hydrogen-bond donors (Lipinski definition) is 2. The van der Waals surface area contributed by atoms with Gasteiger partial charge in [0, 0.05) is 6.20 Å². The van der Waals surface area contributed by atoms with Crippen molar-refractivity contribution in [2.24, 2.45) is 5.92 Å². The number of aliphatic hydroxyl groups is 1. The Bertz CT molecular complexity index is 687. The summed E-state index contributed by atoms with van der Waals surface area (Å²) in [5.74, 6) is 0.427. The molecule has 0 amide bonds. The third-order valence-electron chi connectivity index (χ3n) is 3.89. The largest absolute Gasteiger partial charge is 0.386 e. The molecule has 2 N–H and O–H groups in total. The zero-order valence-corrected chi connectivity index (χ0v) is 14.2. The molecule has 0 radical (unpaired) electrons. The Morgan fingerprint density at radius 3 is 2.21 bits per heavy atom. The molecule has 0 spiro atoms. The van der Waals surface area contributed by atoms with E-state index in [1.54, 1.807) is 6.20 Å². The molecule has 0 aromatic heterocycles. The first kappa shape index (κ1) is 17.8. The van der Waals surface area contributed by atoms with Crippen molar-refractivity contribution in [3.8, 4) is 6.07 Å². The Kier molecular flexibility index (Phi) is 6.60. The second-order valence-corrected chi connectivity index (χ2v) is 6.29. The van der Waals surface area contributed by atoms with Gasteiger partial charge in [0.05, 0.1) is 17.7 Å². The minimum atomic E-state index is -0.624. The molecule has 2 rings (SSSR count). The van der Waals surface area contributed by atoms with E-state index >= 15 is 0 Å². The van der Waals surface area contributed by atoms with Crippen molar-refractivity contribution < 1.29 is 5.11 Å². The fourth-order valence-corrected chi connectivity index (χ4v) is 2.67. The number of nitriles is 1. The van der Waals surface area contributed by atoms with Crippen LogP contribution in [0.5, 0.6) is 0 Å². The average molecular weight is 320 g/mol. The summed E-state index contributed by atoms with van der Waals surface area (Å²) in [7, 11) is 0. The number of nitrogens with zero attached hydrogens (tertiary/aromatic N) is 1. The van der Waals surface area contributed by atoms with Crippen LogP contribution in [-0.4, -0.2) is 11.1 Å². The minimum Gasteiger partial charge on any atom is -0.386 e. The Balaban J connectivity index is 2.19. The summed E-state index contributed by atoms with van der Waals surface area (Å²) in [5.41, 5.74) is 2.30. The highest BCUT2D eigenvalue weighted by Crippen LogP contribution is 2.22. The lowest BCUT2D eigenvalue weighted by atomic mass is 9.94. The second-order valence-electron chi connectivity index (χ2n) is 6.29. The van der Waals surface area contributed by atoms with Crippen LogP contribution in [-0.2, 0) is 0 Å². The van der Waals surface area contributed by atoms with E-state index in [4.69, 9.17) is 0 Å². The van der Waals surface area contributed by atoms with Gasteiger partial charge in [0.25, 0.3) is 0 Å². The van der Waals surface area contributed by atoms with Gasteiger partial charge in [-0.3, -0.25) is 0 Å². The molecule has 2 aromatic rings. The van der Waals surface area contributed by atoms with Crippen LogP contribution in [0, 0.1) is 17.2 Å². The first-order valence-corrected chi connectivity index (χ1v) is 8.26. The Morgan fingerprint density at radius 2 is 1.67 bits per heavy atom. The fraction of sp³-hybridized carbons (Fsp3) is 0.286. The molecular weight excluding hydrogens is 296 g/mol. The number of allylic oxidation sites excluding steroid dienone is 1. The van der Waals surface area contributed by atoms with E-state index in [-0.39, 0.29) is 6.04 Å². The van der Waals surface area contributed by atoms with Gasteiger partial charge in [0.2, 0.25) is 0 Å². The topological polar surface area (TPSA) is 56.0 Å². The van der Waals surface area contributed by atoms with Gasteiger partial charge in [-0.05, 0) is 23.5 Å². The second kappa shape index (κ2) is 8.90. The number of nitrogens with one attached hydrogen (secondary N) is 1. The third-order valence-corrected chi connectivity index (χ3v) is 3.89. The number of hydrogen-bond acceptors (Lipinski definition) is 3. The maximum Gasteiger partial charge on any atom is 0.101 e. The summed E-state index contributed by atoms with van der Waals surface area (Å²) >= 11 is 0. The van der Waals surface area contributed by atoms with Crippen LogP contribution in [0.1, 0.15) is 37.5 Å². The lowest BCUT2D eigenvalue weighted by molar-refractivity contribution is 0.124. The molecule has 2 atom stereocenters. The Labute approximate surface area is 144 Å². The summed E-state index contributed by atoms with van der Waals surface area (Å²) in [6, 6.07) is 21.2. The normalized spacial score (nSPS) is 14.0. The van der Waals surface area contributed by atoms with Gasteiger partial charge in [0.15, 0.2) is 0 Å². The zero-order chi connectivity index (χ0) is 17.4. The van der Waals surface area contributed by atoms with E-state index in [2.05, 4.69) is 25.2 Å². The number of aliphatic hydroxyl groups excluding tert-OH is 1. The zero-order valence-electron chi connectivity index (χ0n) is 14.2. The molecule has 2 aromatic carbocycles. The third kappa shape index (κ3) is 4.97. The summed E-state index contributed by atoms with van der Waals surface area (Å²) in [5, 5.41) is 23.4. The molecule has 0 aliphatic rings. The number of benzene rings is 2. The maximum atomic E-state index is 10.7. The summed E-state index contributed by atoms with van der Waals surface area (Å²) in [6.45, 7) is 4.25. The molecule has 3 nitrogen and oxygen atoms in total. The van der Waals surface area contributed by atoms with Crippen LogP contribution >= 0.6 is 0 Å². The van der Waals surface area contributed by atoms with Gasteiger partial charge in [-0.1, -0.05) is 74.5 Å². The van der Waals surface area contributed by atoms with Gasteiger partial charge >= 0.3 is 0 Å². The molecular formula is C21H24N2O. The summed E-state index contributed by atoms with van der Waals surface area (Å²) < 4.78 is 0. The van der Waals surface area contributed by atoms with Crippen molar-refractivity contribution in [1.29, 1.82) is 5.26 Å². The van der Waals surface area contributed by atoms with Crippen molar-refractivity contribution in [1.82, 2.24) is 5.32 Å². The van der Waals surface area contributed by atoms with Crippen molar-refractivity contribution in [2.75, 3.05) is 0 Å². The molecule has 3 heteroatoms. The predicted molar refractivity (Wildman–Crippen MR) is 97.8 cm³/mol. The SMILES string of the molecule is CC(C)C[C@H](N/C=C(\C#N)c1ccccc1)[C@H](O)c1ccccc1. The van der Waals surface area contributed by atoms with Gasteiger partial charge in [-0.25, -0.2) is 0 Å². The van der Waals surface area contributed by atoms with Gasteiger partial charge < -0.3 is 10.4 Å². The van der Waals surface area contributed by atoms with Crippen LogP contribution in [0.2, 0.25) is 0 Å². The van der Waals surface area contributed by atoms with E-state index in [1.807, 2.05) is 60.7 Å². The van der Waals surface area contributed by atoms with E-state index in [9.17, 15) is 10.4 Å². The van der Waals surface area contributed by atoms with Crippen LogP contribution < -0.4 is 5.32 Å². The van der Waals surface area contributed by atoms with Crippen molar-refractivity contribution in [2.45, 2.75) is 32.4 Å². The molecule has 0 fully saturated rings. The summed E-state index contributed by atoms with van der Waals surface area (Å²) in [6.07, 6.45) is 1.90. The van der Waals surface area contributed by atoms with Crippen molar-refractivity contribution in [3.63, 3.8) is 0 Å². The fourth-order valence-electron chi connectivity index (χ4n) is 2.67. The van der Waals surface area contributed by atoms with E-state index in [0.717, 1.165) is 17.5 Å². The summed E-state index contributed by atoms with van der Waals surface area (Å²) in [4.78, 5) is 0. The highest BCUT2D eigenvalue weighted by molar-refractivity contribution is 5.76. The smallest absolute Gasteiger partial charge is 0.101 e. The van der Waals surface area contributed by atoms with Crippen molar-refractivity contribution >= 4 is 5.57 Å². The molecule has 0 saturated heterocycles. The van der Waals surface area contributed by atoms with E-state index in [0.29, 0.717) is 11.5 Å². The van der Waals surface area contributed by atoms with Crippen LogP contribution in [0.3, 0.4) is 0 Å². The molecule has 0 heterocycles. The van der Waals surface area contributed by atoms with Gasteiger partial charge in [-0.2, -0.15) is 5.26 Å². The molecule has 0 aliphatic heterocycles. The van der Waals surface area contributed by atoms with Crippen LogP contribution in [0.15, 0.2) is 66.9 Å². The molecule has 0 unspecified atom stereocenters. The molecule has 0 bridgehead atoms. The molecule has 0 aliphatic carbocycles. The quantitative estimate of drug-likeness (QED) is 0.748. The van der Waals surface area contributed by atoms with Gasteiger partial charge in [0.1, 0.15) is 6.07 Å². The first-order valence-electron chi connectivity index (χ1n) is 8.26. The maximum absolute atomic E-state index is 10.7. The highest BCUT2D eigenvalue weighted by Gasteiger charge is 2.21. The van der Waals surface area contributed by atoms with E-state index < -0.39 is 6.10 Å². The lowest BCUT2D eigenvalue weighted by Crippen LogP contribution is -2.33. The van der Waals surface area contributed by atoms with Crippen molar-refractivity contribution in [3.05, 3.63) is 78.0 Å². The Morgan fingerprint density at radius 1 is 1.08 bits per heavy atom. The molecule has 0 saturated carbocycles. The standard InChI is InChI=1S/C21H24N2O/c1-16(2)13-20(21(24)18-11-7-4-8-12-18)23-15-19(14-22)17-9-5-3-6-10-17/h3-12,15-16,20-21,23-24H,13H2,1-2H3/b19-15+/t20-,21+/m0/s1.